The molecule has 4 heteroatoms. The highest BCUT2D eigenvalue weighted by Crippen LogP contribution is 2.44. The van der Waals surface area contributed by atoms with E-state index in [9.17, 15) is 9.90 Å². The average Bonchev–Trinajstić information content (AvgIpc) is 2.73. The van der Waals surface area contributed by atoms with Crippen molar-refractivity contribution in [3.05, 3.63) is 65.7 Å². The van der Waals surface area contributed by atoms with E-state index in [1.807, 2.05) is 25.1 Å². The molecule has 0 fully saturated rings. The number of aliphatic hydroxyl groups is 1. The predicted octanol–water partition coefficient (Wildman–Crippen LogP) is 5.33. The smallest absolute Gasteiger partial charge is 0.308 e. The summed E-state index contributed by atoms with van der Waals surface area (Å²) in [6.45, 7) is 7.98. The molecule has 4 atom stereocenters. The summed E-state index contributed by atoms with van der Waals surface area (Å²) in [5.41, 5.74) is 2.01. The summed E-state index contributed by atoms with van der Waals surface area (Å²) in [6, 6.07) is 18.3. The second-order valence-corrected chi connectivity index (χ2v) is 8.04. The molecule has 0 radical (unpaired) electrons. The number of ether oxygens (including phenoxy) is 2. The average molecular weight is 399 g/mol. The van der Waals surface area contributed by atoms with Crippen LogP contribution in [0.2, 0.25) is 0 Å². The number of rotatable bonds is 10. The molecule has 0 saturated carbocycles. The molecule has 4 nitrogen and oxygen atoms in total. The third-order valence-electron chi connectivity index (χ3n) is 5.69. The molecule has 2 rings (SSSR count). The molecule has 4 unspecified atom stereocenters. The summed E-state index contributed by atoms with van der Waals surface area (Å²) in [7, 11) is 1.44. The zero-order valence-electron chi connectivity index (χ0n) is 18.2. The molecular weight excluding hydrogens is 364 g/mol. The van der Waals surface area contributed by atoms with Gasteiger partial charge in [-0.15, -0.1) is 0 Å². The molecule has 0 aromatic heterocycles. The minimum Gasteiger partial charge on any atom is -0.469 e. The van der Waals surface area contributed by atoms with Crippen molar-refractivity contribution in [3.8, 4) is 5.75 Å². The van der Waals surface area contributed by atoms with Gasteiger partial charge >= 0.3 is 5.97 Å². The van der Waals surface area contributed by atoms with Gasteiger partial charge in [-0.2, -0.15) is 0 Å². The number of aliphatic hydroxyl groups excluding tert-OH is 1. The van der Waals surface area contributed by atoms with Gasteiger partial charge in [-0.3, -0.25) is 4.79 Å². The molecule has 0 aliphatic rings. The quantitative estimate of drug-likeness (QED) is 0.434. The molecular formula is C25H34O4. The van der Waals surface area contributed by atoms with Crippen molar-refractivity contribution in [2.75, 3.05) is 7.11 Å². The number of hydrogen-bond donors (Lipinski definition) is 1. The van der Waals surface area contributed by atoms with Gasteiger partial charge in [0.1, 0.15) is 5.75 Å². The van der Waals surface area contributed by atoms with E-state index in [-0.39, 0.29) is 17.3 Å². The van der Waals surface area contributed by atoms with Gasteiger partial charge in [0, 0.05) is 5.41 Å². The Morgan fingerprint density at radius 1 is 0.966 bits per heavy atom. The summed E-state index contributed by atoms with van der Waals surface area (Å²) in [5, 5.41) is 9.50. The molecule has 29 heavy (non-hydrogen) atoms. The molecule has 1 N–H and O–H groups in total. The van der Waals surface area contributed by atoms with Gasteiger partial charge in [0.05, 0.1) is 13.0 Å². The zero-order chi connectivity index (χ0) is 21.4. The molecule has 158 valence electrons. The van der Waals surface area contributed by atoms with Crippen molar-refractivity contribution in [3.63, 3.8) is 0 Å². The van der Waals surface area contributed by atoms with E-state index in [4.69, 9.17) is 9.47 Å². The summed E-state index contributed by atoms with van der Waals surface area (Å²) < 4.78 is 10.4. The number of hydrogen-bond acceptors (Lipinski definition) is 4. The largest absolute Gasteiger partial charge is 0.469 e. The fraction of sp³-hybridized carbons (Fsp3) is 0.480. The lowest BCUT2D eigenvalue weighted by molar-refractivity contribution is -0.145. The Labute approximate surface area is 174 Å². The van der Waals surface area contributed by atoms with Crippen LogP contribution in [0, 0.1) is 11.8 Å². The maximum atomic E-state index is 12.3. The lowest BCUT2D eigenvalue weighted by Crippen LogP contribution is -2.34. The van der Waals surface area contributed by atoms with Crippen molar-refractivity contribution in [2.45, 2.75) is 58.7 Å². The third-order valence-corrected chi connectivity index (χ3v) is 5.69. The number of esters is 1. The van der Waals surface area contributed by atoms with Crippen LogP contribution in [0.3, 0.4) is 0 Å². The van der Waals surface area contributed by atoms with Gasteiger partial charge in [0.15, 0.2) is 6.29 Å². The van der Waals surface area contributed by atoms with Gasteiger partial charge in [-0.25, -0.2) is 0 Å². The Hall–Kier alpha value is -2.33. The van der Waals surface area contributed by atoms with Crippen molar-refractivity contribution in [1.29, 1.82) is 0 Å². The number of carbonyl (C=O) groups excluding carboxylic acids is 1. The van der Waals surface area contributed by atoms with E-state index in [1.54, 1.807) is 6.92 Å². The first kappa shape index (κ1) is 23.0. The maximum absolute atomic E-state index is 12.3. The second-order valence-electron chi connectivity index (χ2n) is 8.04. The van der Waals surface area contributed by atoms with Crippen LogP contribution in [0.5, 0.6) is 5.75 Å². The Balaban J connectivity index is 2.58. The number of benzene rings is 2. The van der Waals surface area contributed by atoms with Crippen LogP contribution in [0.4, 0.5) is 0 Å². The highest BCUT2D eigenvalue weighted by atomic mass is 16.6. The molecule has 0 heterocycles. The van der Waals surface area contributed by atoms with Crippen LogP contribution in [-0.2, 0) is 14.9 Å². The molecule has 0 bridgehead atoms. The third kappa shape index (κ3) is 5.83. The molecule has 2 aromatic rings. The standard InChI is InChI=1S/C25H34O4/c1-6-18(2)16-25(17-19(3)24(27)28-5,21-10-8-7-9-11-21)22-12-14-23(15-13-22)29-20(4)26/h7-15,18-20,26H,6,16-17H2,1-5H3. The van der Waals surface area contributed by atoms with Gasteiger partial charge in [0.2, 0.25) is 0 Å². The second kappa shape index (κ2) is 10.4. The Morgan fingerprint density at radius 3 is 2.07 bits per heavy atom. The maximum Gasteiger partial charge on any atom is 0.308 e. The number of methoxy groups -OCH3 is 1. The van der Waals surface area contributed by atoms with Crippen molar-refractivity contribution in [2.24, 2.45) is 11.8 Å². The summed E-state index contributed by atoms with van der Waals surface area (Å²) in [4.78, 5) is 12.3. The zero-order valence-corrected chi connectivity index (χ0v) is 18.2. The molecule has 0 aliphatic carbocycles. The first-order chi connectivity index (χ1) is 13.8. The van der Waals surface area contributed by atoms with E-state index in [0.29, 0.717) is 18.1 Å². The predicted molar refractivity (Wildman–Crippen MR) is 116 cm³/mol. The van der Waals surface area contributed by atoms with Gasteiger partial charge in [0.25, 0.3) is 0 Å². The normalized spacial score (nSPS) is 16.3. The van der Waals surface area contributed by atoms with Crippen LogP contribution >= 0.6 is 0 Å². The highest BCUT2D eigenvalue weighted by Gasteiger charge is 2.38. The molecule has 0 saturated heterocycles. The minimum atomic E-state index is -0.862. The first-order valence-electron chi connectivity index (χ1n) is 10.4. The number of carbonyl (C=O) groups is 1. The lowest BCUT2D eigenvalue weighted by Gasteiger charge is -2.39. The van der Waals surface area contributed by atoms with Gasteiger partial charge < -0.3 is 14.6 Å². The van der Waals surface area contributed by atoms with Crippen LogP contribution < -0.4 is 4.74 Å². The van der Waals surface area contributed by atoms with Crippen molar-refractivity contribution >= 4 is 5.97 Å². The summed E-state index contributed by atoms with van der Waals surface area (Å²) in [6.07, 6.45) is 1.78. The van der Waals surface area contributed by atoms with Crippen molar-refractivity contribution < 1.29 is 19.4 Å². The van der Waals surface area contributed by atoms with Gasteiger partial charge in [-0.1, -0.05) is 69.7 Å². The lowest BCUT2D eigenvalue weighted by atomic mass is 9.64. The van der Waals surface area contributed by atoms with Crippen LogP contribution in [0.15, 0.2) is 54.6 Å². The fourth-order valence-electron chi connectivity index (χ4n) is 4.07. The van der Waals surface area contributed by atoms with E-state index in [2.05, 4.69) is 50.2 Å². The Morgan fingerprint density at radius 2 is 1.55 bits per heavy atom. The van der Waals surface area contributed by atoms with E-state index in [0.717, 1.165) is 18.4 Å². The molecule has 0 amide bonds. The van der Waals surface area contributed by atoms with Crippen LogP contribution in [0.25, 0.3) is 0 Å². The molecule has 0 spiro atoms. The van der Waals surface area contributed by atoms with Crippen LogP contribution in [0.1, 0.15) is 58.1 Å². The molecule has 0 aliphatic heterocycles. The van der Waals surface area contributed by atoms with E-state index < -0.39 is 6.29 Å². The topological polar surface area (TPSA) is 55.8 Å². The monoisotopic (exact) mass is 398 g/mol. The minimum absolute atomic E-state index is 0.191. The van der Waals surface area contributed by atoms with Crippen LogP contribution in [-0.4, -0.2) is 24.5 Å². The Bertz CT molecular complexity index is 754. The summed E-state index contributed by atoms with van der Waals surface area (Å²) >= 11 is 0. The van der Waals surface area contributed by atoms with E-state index >= 15 is 0 Å². The fourth-order valence-corrected chi connectivity index (χ4v) is 4.07. The molecule has 2 aromatic carbocycles. The highest BCUT2D eigenvalue weighted by molar-refractivity contribution is 5.72. The van der Waals surface area contributed by atoms with Crippen molar-refractivity contribution in [1.82, 2.24) is 0 Å². The van der Waals surface area contributed by atoms with E-state index in [1.165, 1.54) is 12.7 Å². The summed E-state index contributed by atoms with van der Waals surface area (Å²) in [5.74, 6) is 0.671. The Kier molecular flexibility index (Phi) is 8.27. The SMILES string of the molecule is CCC(C)CC(CC(C)C(=O)OC)(c1ccccc1)c1ccc(OC(C)O)cc1. The first-order valence-corrected chi connectivity index (χ1v) is 10.4. The van der Waals surface area contributed by atoms with Gasteiger partial charge in [-0.05, 0) is 48.9 Å².